The van der Waals surface area contributed by atoms with Crippen molar-refractivity contribution in [2.24, 2.45) is 0 Å². The van der Waals surface area contributed by atoms with Gasteiger partial charge < -0.3 is 5.32 Å². The molecule has 17 heavy (non-hydrogen) atoms. The first-order chi connectivity index (χ1) is 8.29. The summed E-state index contributed by atoms with van der Waals surface area (Å²) in [6.07, 6.45) is 9.59. The number of hydrogen-bond donors (Lipinski definition) is 1. The second-order valence-electron chi connectivity index (χ2n) is 5.58. The first-order valence-electron chi connectivity index (χ1n) is 7.76. The Balaban J connectivity index is 2.28. The third-order valence-corrected chi connectivity index (χ3v) is 4.01. The summed E-state index contributed by atoms with van der Waals surface area (Å²) < 4.78 is 0. The largest absolute Gasteiger partial charge is 0.315 e. The van der Waals surface area contributed by atoms with Crippen molar-refractivity contribution in [1.29, 1.82) is 0 Å². The molecule has 0 saturated carbocycles. The standard InChI is InChI=1S/C15H32N2/c1-4-6-11-16-13-14(3)17-12-8-7-10-15(17)9-5-2/h14-16H,4-13H2,1-3H3. The fraction of sp³-hybridized carbons (Fsp3) is 1.00. The molecular formula is C15H32N2. The van der Waals surface area contributed by atoms with Gasteiger partial charge in [-0.3, -0.25) is 4.90 Å². The van der Waals surface area contributed by atoms with Crippen molar-refractivity contribution in [3.05, 3.63) is 0 Å². The Bertz CT molecular complexity index is 180. The summed E-state index contributed by atoms with van der Waals surface area (Å²) in [4.78, 5) is 2.76. The van der Waals surface area contributed by atoms with Gasteiger partial charge in [0.05, 0.1) is 0 Å². The third kappa shape index (κ3) is 5.39. The number of piperidine rings is 1. The average molecular weight is 240 g/mol. The molecule has 1 aliphatic rings. The van der Waals surface area contributed by atoms with E-state index in [0.29, 0.717) is 6.04 Å². The van der Waals surface area contributed by atoms with Crippen LogP contribution < -0.4 is 5.32 Å². The monoisotopic (exact) mass is 240 g/mol. The molecule has 2 nitrogen and oxygen atoms in total. The highest BCUT2D eigenvalue weighted by atomic mass is 15.2. The lowest BCUT2D eigenvalue weighted by Crippen LogP contribution is -2.48. The molecule has 0 amide bonds. The highest BCUT2D eigenvalue weighted by Crippen LogP contribution is 2.22. The number of rotatable bonds is 8. The van der Waals surface area contributed by atoms with Crippen LogP contribution in [0, 0.1) is 0 Å². The summed E-state index contributed by atoms with van der Waals surface area (Å²) in [7, 11) is 0. The van der Waals surface area contributed by atoms with Crippen molar-refractivity contribution in [2.75, 3.05) is 19.6 Å². The SMILES string of the molecule is CCCCNCC(C)N1CCCCC1CCC. The van der Waals surface area contributed by atoms with Crippen LogP contribution in [-0.4, -0.2) is 36.6 Å². The molecule has 0 spiro atoms. The van der Waals surface area contributed by atoms with E-state index in [1.807, 2.05) is 0 Å². The molecule has 0 aromatic carbocycles. The Morgan fingerprint density at radius 1 is 1.24 bits per heavy atom. The van der Waals surface area contributed by atoms with Gasteiger partial charge in [-0.05, 0) is 45.7 Å². The minimum atomic E-state index is 0.712. The molecule has 1 saturated heterocycles. The highest BCUT2D eigenvalue weighted by Gasteiger charge is 2.25. The van der Waals surface area contributed by atoms with E-state index in [4.69, 9.17) is 0 Å². The van der Waals surface area contributed by atoms with E-state index < -0.39 is 0 Å². The van der Waals surface area contributed by atoms with Crippen LogP contribution in [0.1, 0.15) is 65.7 Å². The summed E-state index contributed by atoms with van der Waals surface area (Å²) in [6.45, 7) is 10.6. The van der Waals surface area contributed by atoms with Crippen molar-refractivity contribution in [2.45, 2.75) is 77.8 Å². The van der Waals surface area contributed by atoms with Gasteiger partial charge in [-0.1, -0.05) is 33.1 Å². The predicted molar refractivity (Wildman–Crippen MR) is 76.5 cm³/mol. The van der Waals surface area contributed by atoms with Gasteiger partial charge in [-0.15, -0.1) is 0 Å². The Morgan fingerprint density at radius 3 is 2.76 bits per heavy atom. The molecule has 1 rings (SSSR count). The van der Waals surface area contributed by atoms with Gasteiger partial charge in [0.15, 0.2) is 0 Å². The van der Waals surface area contributed by atoms with Crippen molar-refractivity contribution in [3.63, 3.8) is 0 Å². The van der Waals surface area contributed by atoms with Crippen molar-refractivity contribution in [3.8, 4) is 0 Å². The van der Waals surface area contributed by atoms with Crippen LogP contribution in [0.2, 0.25) is 0 Å². The van der Waals surface area contributed by atoms with Gasteiger partial charge in [0.1, 0.15) is 0 Å². The van der Waals surface area contributed by atoms with Crippen LogP contribution in [0.25, 0.3) is 0 Å². The molecule has 0 bridgehead atoms. The molecule has 0 aliphatic carbocycles. The molecular weight excluding hydrogens is 208 g/mol. The zero-order valence-corrected chi connectivity index (χ0v) is 12.2. The number of nitrogens with one attached hydrogen (secondary N) is 1. The molecule has 0 aromatic rings. The Kier molecular flexibility index (Phi) is 7.87. The zero-order valence-electron chi connectivity index (χ0n) is 12.2. The van der Waals surface area contributed by atoms with E-state index in [1.165, 1.54) is 64.6 Å². The van der Waals surface area contributed by atoms with E-state index in [0.717, 1.165) is 6.04 Å². The van der Waals surface area contributed by atoms with Gasteiger partial charge in [0.25, 0.3) is 0 Å². The summed E-state index contributed by atoms with van der Waals surface area (Å²) in [5, 5.41) is 3.60. The summed E-state index contributed by atoms with van der Waals surface area (Å²) in [5.74, 6) is 0. The van der Waals surface area contributed by atoms with E-state index in [9.17, 15) is 0 Å². The van der Waals surface area contributed by atoms with Crippen LogP contribution in [-0.2, 0) is 0 Å². The molecule has 1 aliphatic heterocycles. The van der Waals surface area contributed by atoms with Gasteiger partial charge in [-0.2, -0.15) is 0 Å². The van der Waals surface area contributed by atoms with Gasteiger partial charge in [-0.25, -0.2) is 0 Å². The first kappa shape index (κ1) is 15.0. The third-order valence-electron chi connectivity index (χ3n) is 4.01. The Hall–Kier alpha value is -0.0800. The van der Waals surface area contributed by atoms with Gasteiger partial charge in [0, 0.05) is 18.6 Å². The molecule has 1 heterocycles. The molecule has 2 heteroatoms. The minimum Gasteiger partial charge on any atom is -0.315 e. The number of unbranched alkanes of at least 4 members (excludes halogenated alkanes) is 1. The molecule has 102 valence electrons. The number of nitrogens with zero attached hydrogens (tertiary/aromatic N) is 1. The number of hydrogen-bond acceptors (Lipinski definition) is 2. The average Bonchev–Trinajstić information content (AvgIpc) is 2.35. The maximum Gasteiger partial charge on any atom is 0.0195 e. The normalized spacial score (nSPS) is 23.8. The van der Waals surface area contributed by atoms with Crippen LogP contribution in [0.15, 0.2) is 0 Å². The van der Waals surface area contributed by atoms with E-state index in [2.05, 4.69) is 31.0 Å². The van der Waals surface area contributed by atoms with Gasteiger partial charge in [0.2, 0.25) is 0 Å². The summed E-state index contributed by atoms with van der Waals surface area (Å²) >= 11 is 0. The Morgan fingerprint density at radius 2 is 2.06 bits per heavy atom. The van der Waals surface area contributed by atoms with E-state index >= 15 is 0 Å². The molecule has 1 fully saturated rings. The van der Waals surface area contributed by atoms with Crippen LogP contribution in [0.3, 0.4) is 0 Å². The quantitative estimate of drug-likeness (QED) is 0.654. The van der Waals surface area contributed by atoms with Crippen molar-refractivity contribution in [1.82, 2.24) is 10.2 Å². The highest BCUT2D eigenvalue weighted by molar-refractivity contribution is 4.81. The molecule has 0 aromatic heterocycles. The smallest absolute Gasteiger partial charge is 0.0195 e. The minimum absolute atomic E-state index is 0.712. The first-order valence-corrected chi connectivity index (χ1v) is 7.76. The number of likely N-dealkylation sites (tertiary alicyclic amines) is 1. The second-order valence-corrected chi connectivity index (χ2v) is 5.58. The topological polar surface area (TPSA) is 15.3 Å². The van der Waals surface area contributed by atoms with E-state index in [-0.39, 0.29) is 0 Å². The maximum atomic E-state index is 3.60. The Labute approximate surface area is 108 Å². The molecule has 2 atom stereocenters. The summed E-state index contributed by atoms with van der Waals surface area (Å²) in [6, 6.07) is 1.57. The molecule has 2 unspecified atom stereocenters. The van der Waals surface area contributed by atoms with Crippen molar-refractivity contribution >= 4 is 0 Å². The lowest BCUT2D eigenvalue weighted by molar-refractivity contribution is 0.0956. The lowest BCUT2D eigenvalue weighted by atomic mass is 9.96. The van der Waals surface area contributed by atoms with Gasteiger partial charge >= 0.3 is 0 Å². The lowest BCUT2D eigenvalue weighted by Gasteiger charge is -2.40. The van der Waals surface area contributed by atoms with Crippen LogP contribution in [0.5, 0.6) is 0 Å². The predicted octanol–water partition coefficient (Wildman–Crippen LogP) is 3.42. The van der Waals surface area contributed by atoms with Crippen LogP contribution >= 0.6 is 0 Å². The molecule has 0 radical (unpaired) electrons. The van der Waals surface area contributed by atoms with Crippen LogP contribution in [0.4, 0.5) is 0 Å². The van der Waals surface area contributed by atoms with E-state index in [1.54, 1.807) is 0 Å². The fourth-order valence-corrected chi connectivity index (χ4v) is 2.98. The molecule has 1 N–H and O–H groups in total. The van der Waals surface area contributed by atoms with Crippen molar-refractivity contribution < 1.29 is 0 Å². The second kappa shape index (κ2) is 8.93. The zero-order chi connectivity index (χ0) is 12.5. The summed E-state index contributed by atoms with van der Waals surface area (Å²) in [5.41, 5.74) is 0. The fourth-order valence-electron chi connectivity index (χ4n) is 2.98. The maximum absolute atomic E-state index is 3.60.